The maximum Gasteiger partial charge on any atom is 0.223 e. The third kappa shape index (κ3) is 6.85. The lowest BCUT2D eigenvalue weighted by Crippen LogP contribution is -2.39. The Bertz CT molecular complexity index is 923. The Labute approximate surface area is 213 Å². The van der Waals surface area contributed by atoms with Crippen molar-refractivity contribution in [1.29, 1.82) is 0 Å². The predicted octanol–water partition coefficient (Wildman–Crippen LogP) is 4.46. The predicted molar refractivity (Wildman–Crippen MR) is 142 cm³/mol. The van der Waals surface area contributed by atoms with Gasteiger partial charge in [-0.3, -0.25) is 9.79 Å². The van der Waals surface area contributed by atoms with Crippen molar-refractivity contribution in [3.63, 3.8) is 0 Å². The summed E-state index contributed by atoms with van der Waals surface area (Å²) < 4.78 is 0. The molecule has 2 aliphatic rings. The monoisotopic (exact) mass is 566 g/mol. The molecule has 1 aliphatic carbocycles. The molecule has 2 aromatic rings. The van der Waals surface area contributed by atoms with E-state index in [9.17, 15) is 4.79 Å². The molecule has 2 aromatic carbocycles. The molecule has 3 unspecified atom stereocenters. The molecule has 0 spiro atoms. The molecule has 1 saturated heterocycles. The highest BCUT2D eigenvalue weighted by Crippen LogP contribution is 2.41. The lowest BCUT2D eigenvalue weighted by molar-refractivity contribution is -0.127. The minimum absolute atomic E-state index is 0. The second-order valence-electron chi connectivity index (χ2n) is 8.51. The zero-order chi connectivity index (χ0) is 21.6. The van der Waals surface area contributed by atoms with Gasteiger partial charge in [0, 0.05) is 55.5 Å². The van der Waals surface area contributed by atoms with Crippen LogP contribution in [0.15, 0.2) is 59.6 Å². The molecule has 0 radical (unpaired) electrons. The Hall–Kier alpha value is -1.80. The second kappa shape index (κ2) is 11.9. The first-order valence-electron chi connectivity index (χ1n) is 11.2. The van der Waals surface area contributed by atoms with Gasteiger partial charge in [-0.05, 0) is 43.0 Å². The lowest BCUT2D eigenvalue weighted by Gasteiger charge is -2.16. The minimum Gasteiger partial charge on any atom is -0.357 e. The molecule has 7 heteroatoms. The molecule has 2 fully saturated rings. The van der Waals surface area contributed by atoms with Crippen LogP contribution in [0.4, 0.5) is 0 Å². The minimum atomic E-state index is 0. The quantitative estimate of drug-likeness (QED) is 0.282. The Balaban J connectivity index is 0.00000289. The number of aliphatic imine (C=N–C) groups is 1. The fraction of sp³-hybridized carbons (Fsp3) is 0.440. The molecule has 4 rings (SSSR count). The summed E-state index contributed by atoms with van der Waals surface area (Å²) in [5, 5.41) is 7.68. The third-order valence-electron chi connectivity index (χ3n) is 6.05. The van der Waals surface area contributed by atoms with Crippen LogP contribution in [-0.4, -0.2) is 49.0 Å². The van der Waals surface area contributed by atoms with Crippen LogP contribution >= 0.6 is 35.6 Å². The standard InChI is InChI=1S/C25H31ClN4O.HI/c1-2-27-25(29-23-15-22(23)20-9-6-10-21(26)14-20)28-16-19-13-24(31)30(17-19)12-11-18-7-4-3-5-8-18;/h3-10,14,19,22-23H,2,11-13,15-17H2,1H3,(H2,27,28,29);1H. The normalized spacial score (nSPS) is 22.4. The van der Waals surface area contributed by atoms with E-state index < -0.39 is 0 Å². The molecule has 1 aliphatic heterocycles. The van der Waals surface area contributed by atoms with Gasteiger partial charge in [0.25, 0.3) is 0 Å². The van der Waals surface area contributed by atoms with E-state index >= 15 is 0 Å². The van der Waals surface area contributed by atoms with Gasteiger partial charge in [0.1, 0.15) is 0 Å². The number of hydrogen-bond acceptors (Lipinski definition) is 2. The van der Waals surface area contributed by atoms with Crippen LogP contribution in [-0.2, 0) is 11.2 Å². The number of benzene rings is 2. The third-order valence-corrected chi connectivity index (χ3v) is 6.28. The zero-order valence-corrected chi connectivity index (χ0v) is 21.6. The Morgan fingerprint density at radius 2 is 2.00 bits per heavy atom. The van der Waals surface area contributed by atoms with E-state index in [1.807, 2.05) is 41.3 Å². The summed E-state index contributed by atoms with van der Waals surface area (Å²) in [6, 6.07) is 18.8. The summed E-state index contributed by atoms with van der Waals surface area (Å²) >= 11 is 6.14. The number of amides is 1. The molecule has 172 valence electrons. The van der Waals surface area contributed by atoms with E-state index in [2.05, 4.69) is 35.8 Å². The van der Waals surface area contributed by atoms with Gasteiger partial charge in [-0.15, -0.1) is 24.0 Å². The van der Waals surface area contributed by atoms with E-state index in [1.165, 1.54) is 11.1 Å². The number of halogens is 2. The summed E-state index contributed by atoms with van der Waals surface area (Å²) in [6.07, 6.45) is 2.57. The van der Waals surface area contributed by atoms with E-state index in [0.717, 1.165) is 43.5 Å². The maximum absolute atomic E-state index is 12.4. The smallest absolute Gasteiger partial charge is 0.223 e. The Kier molecular flexibility index (Phi) is 9.22. The van der Waals surface area contributed by atoms with E-state index in [4.69, 9.17) is 16.6 Å². The number of likely N-dealkylation sites (tertiary alicyclic amines) is 1. The first-order chi connectivity index (χ1) is 15.1. The highest BCUT2D eigenvalue weighted by molar-refractivity contribution is 14.0. The zero-order valence-electron chi connectivity index (χ0n) is 18.5. The first kappa shape index (κ1) is 24.8. The highest BCUT2D eigenvalue weighted by atomic mass is 127. The average Bonchev–Trinajstić information content (AvgIpc) is 3.45. The van der Waals surface area contributed by atoms with Crippen LogP contribution in [0.1, 0.15) is 36.8 Å². The average molecular weight is 567 g/mol. The van der Waals surface area contributed by atoms with Crippen LogP contribution in [0.2, 0.25) is 5.02 Å². The van der Waals surface area contributed by atoms with Crippen molar-refractivity contribution >= 4 is 47.4 Å². The van der Waals surface area contributed by atoms with Crippen molar-refractivity contribution in [2.45, 2.75) is 38.1 Å². The van der Waals surface area contributed by atoms with Gasteiger partial charge in [0.05, 0.1) is 0 Å². The molecule has 1 amide bonds. The molecular weight excluding hydrogens is 535 g/mol. The first-order valence-corrected chi connectivity index (χ1v) is 11.6. The molecular formula is C25H32ClIN4O. The van der Waals surface area contributed by atoms with Crippen LogP contribution < -0.4 is 10.6 Å². The maximum atomic E-state index is 12.4. The van der Waals surface area contributed by atoms with Crippen LogP contribution in [0.25, 0.3) is 0 Å². The fourth-order valence-electron chi connectivity index (χ4n) is 4.28. The van der Waals surface area contributed by atoms with Crippen molar-refractivity contribution in [2.75, 3.05) is 26.2 Å². The summed E-state index contributed by atoms with van der Waals surface area (Å²) in [5.41, 5.74) is 2.55. The molecule has 1 heterocycles. The molecule has 0 aromatic heterocycles. The molecule has 5 nitrogen and oxygen atoms in total. The van der Waals surface area contributed by atoms with Gasteiger partial charge in [-0.2, -0.15) is 0 Å². The van der Waals surface area contributed by atoms with Gasteiger partial charge in [-0.25, -0.2) is 0 Å². The number of hydrogen-bond donors (Lipinski definition) is 2. The Morgan fingerprint density at radius 1 is 1.19 bits per heavy atom. The molecule has 1 saturated carbocycles. The summed E-state index contributed by atoms with van der Waals surface area (Å²) in [6.45, 7) is 5.13. The summed E-state index contributed by atoms with van der Waals surface area (Å²) in [5.74, 6) is 1.84. The van der Waals surface area contributed by atoms with E-state index in [-0.39, 0.29) is 35.8 Å². The van der Waals surface area contributed by atoms with E-state index in [0.29, 0.717) is 24.9 Å². The lowest BCUT2D eigenvalue weighted by atomic mass is 10.1. The van der Waals surface area contributed by atoms with Gasteiger partial charge >= 0.3 is 0 Å². The summed E-state index contributed by atoms with van der Waals surface area (Å²) in [4.78, 5) is 19.2. The van der Waals surface area contributed by atoms with Crippen LogP contribution in [0.5, 0.6) is 0 Å². The van der Waals surface area contributed by atoms with Gasteiger partial charge < -0.3 is 15.5 Å². The SMILES string of the molecule is CCNC(=NCC1CC(=O)N(CCc2ccccc2)C1)NC1CC1c1cccc(Cl)c1.I. The molecule has 0 bridgehead atoms. The van der Waals surface area contributed by atoms with Crippen molar-refractivity contribution in [3.8, 4) is 0 Å². The number of rotatable bonds is 8. The molecule has 2 N–H and O–H groups in total. The van der Waals surface area contributed by atoms with Gasteiger partial charge in [-0.1, -0.05) is 54.1 Å². The van der Waals surface area contributed by atoms with Crippen molar-refractivity contribution < 1.29 is 4.79 Å². The highest BCUT2D eigenvalue weighted by Gasteiger charge is 2.39. The van der Waals surface area contributed by atoms with Crippen molar-refractivity contribution in [2.24, 2.45) is 10.9 Å². The number of nitrogens with zero attached hydrogens (tertiary/aromatic N) is 2. The van der Waals surface area contributed by atoms with Crippen molar-refractivity contribution in [1.82, 2.24) is 15.5 Å². The van der Waals surface area contributed by atoms with Gasteiger partial charge in [0.2, 0.25) is 5.91 Å². The molecule has 3 atom stereocenters. The Morgan fingerprint density at radius 3 is 2.75 bits per heavy atom. The van der Waals surface area contributed by atoms with Crippen molar-refractivity contribution in [3.05, 3.63) is 70.7 Å². The fourth-order valence-corrected chi connectivity index (χ4v) is 4.48. The van der Waals surface area contributed by atoms with Gasteiger partial charge in [0.15, 0.2) is 5.96 Å². The largest absolute Gasteiger partial charge is 0.357 e. The number of carbonyl (C=O) groups excluding carboxylic acids is 1. The number of guanidine groups is 1. The second-order valence-corrected chi connectivity index (χ2v) is 8.95. The summed E-state index contributed by atoms with van der Waals surface area (Å²) in [7, 11) is 0. The topological polar surface area (TPSA) is 56.7 Å². The van der Waals surface area contributed by atoms with Crippen LogP contribution in [0, 0.1) is 5.92 Å². The number of carbonyl (C=O) groups is 1. The number of nitrogens with one attached hydrogen (secondary N) is 2. The van der Waals surface area contributed by atoms with E-state index in [1.54, 1.807) is 0 Å². The molecule has 32 heavy (non-hydrogen) atoms. The van der Waals surface area contributed by atoms with Crippen LogP contribution in [0.3, 0.4) is 0 Å².